The van der Waals surface area contributed by atoms with Crippen LogP contribution in [0, 0.1) is 0 Å². The predicted molar refractivity (Wildman–Crippen MR) is 73.6 cm³/mol. The molecule has 5 nitrogen and oxygen atoms in total. The first-order valence-corrected chi connectivity index (χ1v) is 6.28. The fourth-order valence-corrected chi connectivity index (χ4v) is 2.27. The number of para-hydroxylation sites is 1. The van der Waals surface area contributed by atoms with Gasteiger partial charge in [-0.3, -0.25) is 4.98 Å². The first-order valence-electron chi connectivity index (χ1n) is 6.28. The van der Waals surface area contributed by atoms with E-state index in [0.717, 1.165) is 5.39 Å². The molecule has 0 saturated carbocycles. The third-order valence-electron chi connectivity index (χ3n) is 3.19. The van der Waals surface area contributed by atoms with Crippen LogP contribution >= 0.6 is 0 Å². The molecule has 3 aromatic rings. The normalized spacial score (nSPS) is 10.8. The molecule has 100 valence electrons. The number of carboxylic acids is 1. The maximum Gasteiger partial charge on any atom is 0.341 e. The molecule has 0 spiro atoms. The van der Waals surface area contributed by atoms with Crippen LogP contribution in [0.5, 0.6) is 0 Å². The number of hydrogen-bond donors (Lipinski definition) is 1. The Morgan fingerprint density at radius 2 is 2.10 bits per heavy atom. The van der Waals surface area contributed by atoms with Gasteiger partial charge >= 0.3 is 5.97 Å². The molecule has 0 radical (unpaired) electrons. The number of fused-ring (bicyclic) bond motifs is 1. The van der Waals surface area contributed by atoms with Crippen molar-refractivity contribution in [3.8, 4) is 11.3 Å². The van der Waals surface area contributed by atoms with E-state index in [1.165, 1.54) is 0 Å². The average molecular weight is 268 g/mol. The zero-order valence-electron chi connectivity index (χ0n) is 10.8. The van der Waals surface area contributed by atoms with Crippen LogP contribution in [-0.4, -0.2) is 21.2 Å². The lowest BCUT2D eigenvalue weighted by Crippen LogP contribution is -2.01. The van der Waals surface area contributed by atoms with Crippen molar-refractivity contribution in [1.29, 1.82) is 0 Å². The lowest BCUT2D eigenvalue weighted by molar-refractivity contribution is 0.0695. The van der Waals surface area contributed by atoms with Gasteiger partial charge in [0, 0.05) is 23.6 Å². The zero-order chi connectivity index (χ0) is 14.1. The Morgan fingerprint density at radius 3 is 2.85 bits per heavy atom. The van der Waals surface area contributed by atoms with Gasteiger partial charge in [-0.25, -0.2) is 4.79 Å². The molecule has 0 aliphatic heterocycles. The third-order valence-corrected chi connectivity index (χ3v) is 3.19. The Morgan fingerprint density at radius 1 is 1.30 bits per heavy atom. The number of aromatic carboxylic acids is 1. The van der Waals surface area contributed by atoms with Crippen molar-refractivity contribution in [2.45, 2.75) is 13.3 Å². The minimum atomic E-state index is -1.04. The largest absolute Gasteiger partial charge is 0.477 e. The number of aryl methyl sites for hydroxylation is 1. The van der Waals surface area contributed by atoms with E-state index in [4.69, 9.17) is 4.52 Å². The summed E-state index contributed by atoms with van der Waals surface area (Å²) < 4.78 is 5.15. The van der Waals surface area contributed by atoms with Crippen LogP contribution in [-0.2, 0) is 6.42 Å². The highest BCUT2D eigenvalue weighted by molar-refractivity contribution is 6.01. The first-order chi connectivity index (χ1) is 9.72. The first kappa shape index (κ1) is 12.3. The van der Waals surface area contributed by atoms with Crippen LogP contribution in [0.4, 0.5) is 0 Å². The highest BCUT2D eigenvalue weighted by atomic mass is 16.5. The predicted octanol–water partition coefficient (Wildman–Crippen LogP) is 3.15. The van der Waals surface area contributed by atoms with Crippen LogP contribution in [0.25, 0.3) is 22.2 Å². The van der Waals surface area contributed by atoms with Gasteiger partial charge in [-0.2, -0.15) is 0 Å². The number of carboxylic acid groups (broad SMARTS) is 1. The molecule has 20 heavy (non-hydrogen) atoms. The number of pyridine rings is 1. The van der Waals surface area contributed by atoms with Gasteiger partial charge in [0.2, 0.25) is 0 Å². The molecule has 2 heterocycles. The maximum atomic E-state index is 11.5. The summed E-state index contributed by atoms with van der Waals surface area (Å²) in [6.45, 7) is 1.83. The van der Waals surface area contributed by atoms with Crippen molar-refractivity contribution in [2.75, 3.05) is 0 Å². The zero-order valence-corrected chi connectivity index (χ0v) is 10.8. The number of rotatable bonds is 3. The van der Waals surface area contributed by atoms with Crippen molar-refractivity contribution < 1.29 is 14.4 Å². The Bertz CT molecular complexity index is 787. The standard InChI is InChI=1S/C15H12N2O3/c1-2-11-12(15(18)19)14(17-20-11)10-7-3-5-9-6-4-8-16-13(9)10/h3-8H,2H2,1H3,(H,18,19). The average Bonchev–Trinajstić information content (AvgIpc) is 2.90. The summed E-state index contributed by atoms with van der Waals surface area (Å²) in [5.74, 6) is -0.661. The number of benzene rings is 1. The molecule has 0 saturated heterocycles. The van der Waals surface area contributed by atoms with Gasteiger partial charge in [-0.15, -0.1) is 0 Å². The summed E-state index contributed by atoms with van der Waals surface area (Å²) in [4.78, 5) is 15.8. The highest BCUT2D eigenvalue weighted by Crippen LogP contribution is 2.30. The van der Waals surface area contributed by atoms with E-state index in [1.54, 1.807) is 12.3 Å². The van der Waals surface area contributed by atoms with Crippen molar-refractivity contribution in [2.24, 2.45) is 0 Å². The summed E-state index contributed by atoms with van der Waals surface area (Å²) in [6, 6.07) is 9.34. The van der Waals surface area contributed by atoms with Gasteiger partial charge in [0.25, 0.3) is 0 Å². The number of carbonyl (C=O) groups is 1. The molecule has 0 bridgehead atoms. The Labute approximate surface area is 114 Å². The summed E-state index contributed by atoms with van der Waals surface area (Å²) in [7, 11) is 0. The SMILES string of the molecule is CCc1onc(-c2cccc3cccnc23)c1C(=O)O. The molecule has 5 heteroatoms. The Hall–Kier alpha value is -2.69. The lowest BCUT2D eigenvalue weighted by Gasteiger charge is -2.03. The van der Waals surface area contributed by atoms with Gasteiger partial charge in [0.05, 0.1) is 5.52 Å². The van der Waals surface area contributed by atoms with Crippen LogP contribution in [0.1, 0.15) is 23.0 Å². The van der Waals surface area contributed by atoms with E-state index >= 15 is 0 Å². The minimum Gasteiger partial charge on any atom is -0.477 e. The number of hydrogen-bond acceptors (Lipinski definition) is 4. The third kappa shape index (κ3) is 1.84. The second-order valence-electron chi connectivity index (χ2n) is 4.37. The molecule has 3 rings (SSSR count). The van der Waals surface area contributed by atoms with E-state index in [9.17, 15) is 9.90 Å². The Kier molecular flexibility index (Phi) is 2.95. The topological polar surface area (TPSA) is 76.2 Å². The van der Waals surface area contributed by atoms with Crippen molar-refractivity contribution in [1.82, 2.24) is 10.1 Å². The summed E-state index contributed by atoms with van der Waals surface area (Å²) >= 11 is 0. The fraction of sp³-hybridized carbons (Fsp3) is 0.133. The fourth-order valence-electron chi connectivity index (χ4n) is 2.27. The monoisotopic (exact) mass is 268 g/mol. The van der Waals surface area contributed by atoms with E-state index in [0.29, 0.717) is 29.0 Å². The minimum absolute atomic E-state index is 0.116. The lowest BCUT2D eigenvalue weighted by atomic mass is 10.0. The molecular formula is C15H12N2O3. The molecule has 0 amide bonds. The molecule has 0 unspecified atom stereocenters. The van der Waals surface area contributed by atoms with E-state index in [-0.39, 0.29) is 5.56 Å². The molecular weight excluding hydrogens is 256 g/mol. The van der Waals surface area contributed by atoms with Gasteiger partial charge in [0.15, 0.2) is 5.76 Å². The van der Waals surface area contributed by atoms with Gasteiger partial charge < -0.3 is 9.63 Å². The number of nitrogens with zero attached hydrogens (tertiary/aromatic N) is 2. The highest BCUT2D eigenvalue weighted by Gasteiger charge is 2.23. The second-order valence-corrected chi connectivity index (χ2v) is 4.37. The Balaban J connectivity index is 2.32. The molecule has 1 N–H and O–H groups in total. The van der Waals surface area contributed by atoms with E-state index in [2.05, 4.69) is 10.1 Å². The molecule has 2 aromatic heterocycles. The second kappa shape index (κ2) is 4.77. The maximum absolute atomic E-state index is 11.5. The molecule has 0 aliphatic rings. The van der Waals surface area contributed by atoms with Crippen molar-refractivity contribution in [3.05, 3.63) is 47.9 Å². The molecule has 1 aromatic carbocycles. The van der Waals surface area contributed by atoms with E-state index in [1.807, 2.05) is 31.2 Å². The summed E-state index contributed by atoms with van der Waals surface area (Å²) in [5.41, 5.74) is 1.83. The molecule has 0 fully saturated rings. The van der Waals surface area contributed by atoms with Crippen LogP contribution in [0.2, 0.25) is 0 Å². The van der Waals surface area contributed by atoms with E-state index < -0.39 is 5.97 Å². The summed E-state index contributed by atoms with van der Waals surface area (Å²) in [6.07, 6.45) is 2.15. The van der Waals surface area contributed by atoms with Crippen LogP contribution in [0.3, 0.4) is 0 Å². The summed E-state index contributed by atoms with van der Waals surface area (Å²) in [5, 5.41) is 14.2. The quantitative estimate of drug-likeness (QED) is 0.789. The van der Waals surface area contributed by atoms with Crippen LogP contribution in [0.15, 0.2) is 41.1 Å². The van der Waals surface area contributed by atoms with Crippen molar-refractivity contribution >= 4 is 16.9 Å². The smallest absolute Gasteiger partial charge is 0.341 e. The van der Waals surface area contributed by atoms with Crippen molar-refractivity contribution in [3.63, 3.8) is 0 Å². The van der Waals surface area contributed by atoms with Gasteiger partial charge in [0.1, 0.15) is 11.3 Å². The molecule has 0 atom stereocenters. The van der Waals surface area contributed by atoms with Gasteiger partial charge in [-0.1, -0.05) is 36.3 Å². The van der Waals surface area contributed by atoms with Crippen LogP contribution < -0.4 is 0 Å². The van der Waals surface area contributed by atoms with Gasteiger partial charge in [-0.05, 0) is 6.07 Å². The number of aromatic nitrogens is 2. The molecule has 0 aliphatic carbocycles.